The second-order valence-corrected chi connectivity index (χ2v) is 3.78. The van der Waals surface area contributed by atoms with Gasteiger partial charge in [0.25, 0.3) is 0 Å². The molecule has 0 unspecified atom stereocenters. The fourth-order valence-electron chi connectivity index (χ4n) is 2.44. The van der Waals surface area contributed by atoms with Gasteiger partial charge in [-0.3, -0.25) is 0 Å². The molecule has 1 nitrogen and oxygen atoms in total. The molecule has 2 aliphatic rings. The van der Waals surface area contributed by atoms with Crippen LogP contribution in [0.25, 0.3) is 0 Å². The van der Waals surface area contributed by atoms with Crippen LogP contribution in [0.15, 0.2) is 11.3 Å². The molecule has 0 radical (unpaired) electrons. The van der Waals surface area contributed by atoms with Gasteiger partial charge in [-0.15, -0.1) is 5.76 Å². The molecule has 0 bridgehead atoms. The van der Waals surface area contributed by atoms with Crippen LogP contribution >= 0.6 is 0 Å². The summed E-state index contributed by atoms with van der Waals surface area (Å²) in [5.74, 6) is 1.19. The third kappa shape index (κ3) is 1.89. The summed E-state index contributed by atoms with van der Waals surface area (Å²) in [7, 11) is 0. The Balaban J connectivity index is 0.000000720. The van der Waals surface area contributed by atoms with E-state index in [0.29, 0.717) is 11.7 Å². The van der Waals surface area contributed by atoms with Crippen LogP contribution in [-0.4, -0.2) is 0 Å². The molecule has 0 heterocycles. The Morgan fingerprint density at radius 2 is 1.75 bits per heavy atom. The summed E-state index contributed by atoms with van der Waals surface area (Å²) >= 11 is 0. The van der Waals surface area contributed by atoms with Crippen molar-refractivity contribution in [3.8, 4) is 0 Å². The normalized spacial score (nSPS) is 29.2. The minimum Gasteiger partial charge on any atom is -0.875 e. The molecule has 2 heteroatoms. The SMILES string of the molecule is [Li+].[O-]C1=C2CCCC[C@@H]2CCC1. The van der Waals surface area contributed by atoms with Crippen LogP contribution in [0.4, 0.5) is 0 Å². The first kappa shape index (κ1) is 10.2. The molecule has 0 aromatic heterocycles. The number of hydrogen-bond acceptors (Lipinski definition) is 1. The number of allylic oxidation sites excluding steroid dienone is 2. The van der Waals surface area contributed by atoms with Crippen molar-refractivity contribution in [3.05, 3.63) is 11.3 Å². The summed E-state index contributed by atoms with van der Waals surface area (Å²) < 4.78 is 0. The van der Waals surface area contributed by atoms with Gasteiger partial charge in [-0.2, -0.15) is 0 Å². The molecule has 1 atom stereocenters. The van der Waals surface area contributed by atoms with Gasteiger partial charge in [-0.25, -0.2) is 0 Å². The Morgan fingerprint density at radius 1 is 1.00 bits per heavy atom. The molecule has 1 saturated carbocycles. The van der Waals surface area contributed by atoms with E-state index in [-0.39, 0.29) is 18.9 Å². The van der Waals surface area contributed by atoms with Gasteiger partial charge in [0.15, 0.2) is 0 Å². The molecular formula is C10H15LiO. The summed E-state index contributed by atoms with van der Waals surface area (Å²) in [6, 6.07) is 0. The van der Waals surface area contributed by atoms with Crippen molar-refractivity contribution in [1.82, 2.24) is 0 Å². The average Bonchev–Trinajstić information content (AvgIpc) is 2.06. The third-order valence-corrected chi connectivity index (χ3v) is 3.06. The average molecular weight is 158 g/mol. The molecule has 2 aliphatic carbocycles. The van der Waals surface area contributed by atoms with Crippen molar-refractivity contribution in [1.29, 1.82) is 0 Å². The van der Waals surface area contributed by atoms with E-state index < -0.39 is 0 Å². The largest absolute Gasteiger partial charge is 1.00 e. The van der Waals surface area contributed by atoms with E-state index in [1.54, 1.807) is 0 Å². The zero-order valence-electron chi connectivity index (χ0n) is 7.94. The van der Waals surface area contributed by atoms with E-state index in [1.807, 2.05) is 0 Å². The summed E-state index contributed by atoms with van der Waals surface area (Å²) in [6.45, 7) is 0. The van der Waals surface area contributed by atoms with Crippen molar-refractivity contribution in [2.45, 2.75) is 44.9 Å². The molecule has 0 aromatic carbocycles. The molecule has 62 valence electrons. The number of hydrogen-bond donors (Lipinski definition) is 0. The maximum Gasteiger partial charge on any atom is 1.00 e. The molecule has 0 aromatic rings. The van der Waals surface area contributed by atoms with Crippen LogP contribution in [0.2, 0.25) is 0 Å². The fraction of sp³-hybridized carbons (Fsp3) is 0.800. The van der Waals surface area contributed by atoms with Gasteiger partial charge in [-0.05, 0) is 44.4 Å². The van der Waals surface area contributed by atoms with Crippen molar-refractivity contribution < 1.29 is 24.0 Å². The molecule has 1 fully saturated rings. The van der Waals surface area contributed by atoms with Gasteiger partial charge in [0.2, 0.25) is 0 Å². The topological polar surface area (TPSA) is 23.1 Å². The molecule has 0 spiro atoms. The van der Waals surface area contributed by atoms with Gasteiger partial charge in [0, 0.05) is 0 Å². The van der Waals surface area contributed by atoms with E-state index in [0.717, 1.165) is 19.3 Å². The molecule has 0 amide bonds. The molecular weight excluding hydrogens is 143 g/mol. The maximum absolute atomic E-state index is 11.4. The molecule has 0 aliphatic heterocycles. The second kappa shape index (κ2) is 4.40. The van der Waals surface area contributed by atoms with Crippen LogP contribution in [0.3, 0.4) is 0 Å². The van der Waals surface area contributed by atoms with Gasteiger partial charge in [0.1, 0.15) is 0 Å². The molecule has 0 saturated heterocycles. The Kier molecular flexibility index (Phi) is 3.74. The van der Waals surface area contributed by atoms with Crippen molar-refractivity contribution >= 4 is 0 Å². The van der Waals surface area contributed by atoms with Crippen molar-refractivity contribution in [2.75, 3.05) is 0 Å². The predicted octanol–water partition coefficient (Wildman–Crippen LogP) is -1.02. The van der Waals surface area contributed by atoms with Crippen LogP contribution in [0.1, 0.15) is 44.9 Å². The summed E-state index contributed by atoms with van der Waals surface area (Å²) in [4.78, 5) is 0. The van der Waals surface area contributed by atoms with Gasteiger partial charge < -0.3 is 5.11 Å². The Hall–Kier alpha value is 0.137. The third-order valence-electron chi connectivity index (χ3n) is 3.06. The van der Waals surface area contributed by atoms with Crippen LogP contribution in [0, 0.1) is 5.92 Å². The van der Waals surface area contributed by atoms with Gasteiger partial charge in [0.05, 0.1) is 0 Å². The van der Waals surface area contributed by atoms with Crippen LogP contribution in [0.5, 0.6) is 0 Å². The Labute approximate surface area is 86.4 Å². The van der Waals surface area contributed by atoms with E-state index in [2.05, 4.69) is 0 Å². The summed E-state index contributed by atoms with van der Waals surface area (Å²) in [6.07, 6.45) is 8.30. The predicted molar refractivity (Wildman–Crippen MR) is 42.8 cm³/mol. The zero-order valence-corrected chi connectivity index (χ0v) is 7.94. The van der Waals surface area contributed by atoms with E-state index in [1.165, 1.54) is 31.3 Å². The van der Waals surface area contributed by atoms with Crippen molar-refractivity contribution in [3.63, 3.8) is 0 Å². The van der Waals surface area contributed by atoms with E-state index >= 15 is 0 Å². The van der Waals surface area contributed by atoms with Gasteiger partial charge in [-0.1, -0.05) is 12.0 Å². The minimum atomic E-state index is 0. The Morgan fingerprint density at radius 3 is 2.50 bits per heavy atom. The maximum atomic E-state index is 11.4. The van der Waals surface area contributed by atoms with Crippen molar-refractivity contribution in [2.24, 2.45) is 5.92 Å². The number of rotatable bonds is 0. The number of fused-ring (bicyclic) bond motifs is 1. The summed E-state index contributed by atoms with van der Waals surface area (Å²) in [5, 5.41) is 11.4. The smallest absolute Gasteiger partial charge is 0.875 e. The molecule has 0 N–H and O–H groups in total. The Bertz CT molecular complexity index is 186. The summed E-state index contributed by atoms with van der Waals surface area (Å²) in [5.41, 5.74) is 1.29. The van der Waals surface area contributed by atoms with Gasteiger partial charge >= 0.3 is 18.9 Å². The standard InChI is InChI=1S/C10H16O.Li/c11-10-7-3-5-8-4-1-2-6-9(8)10;/h8,11H,1-7H2;/q;+1/p-1/t8-;/m1./s1. The monoisotopic (exact) mass is 158 g/mol. The fourth-order valence-corrected chi connectivity index (χ4v) is 2.44. The first-order chi connectivity index (χ1) is 5.38. The molecule has 2 rings (SSSR count). The second-order valence-electron chi connectivity index (χ2n) is 3.78. The first-order valence-corrected chi connectivity index (χ1v) is 4.77. The quantitative estimate of drug-likeness (QED) is 0.414. The first-order valence-electron chi connectivity index (χ1n) is 4.77. The van der Waals surface area contributed by atoms with Crippen LogP contribution < -0.4 is 24.0 Å². The van der Waals surface area contributed by atoms with Crippen LogP contribution in [-0.2, 0) is 0 Å². The zero-order chi connectivity index (χ0) is 7.68. The minimum absolute atomic E-state index is 0. The van der Waals surface area contributed by atoms with E-state index in [9.17, 15) is 5.11 Å². The van der Waals surface area contributed by atoms with E-state index in [4.69, 9.17) is 0 Å². The molecule has 12 heavy (non-hydrogen) atoms.